The maximum Gasteiger partial charge on any atom is 0.234 e. The van der Waals surface area contributed by atoms with Crippen LogP contribution in [-0.2, 0) is 16.1 Å². The Morgan fingerprint density at radius 1 is 1.08 bits per heavy atom. The van der Waals surface area contributed by atoms with Gasteiger partial charge >= 0.3 is 0 Å². The third kappa shape index (κ3) is 2.19. The van der Waals surface area contributed by atoms with Crippen LogP contribution in [0.15, 0.2) is 48.6 Å². The first-order valence-corrected chi connectivity index (χ1v) is 9.60. The van der Waals surface area contributed by atoms with Crippen molar-refractivity contribution in [1.82, 2.24) is 4.90 Å². The molecule has 2 aliphatic carbocycles. The maximum absolute atomic E-state index is 12.8. The molecule has 2 fully saturated rings. The zero-order valence-corrected chi connectivity index (χ0v) is 14.8. The van der Waals surface area contributed by atoms with Crippen molar-refractivity contribution in [3.8, 4) is 16.5 Å². The first-order valence-electron chi connectivity index (χ1n) is 8.78. The van der Waals surface area contributed by atoms with E-state index in [-0.39, 0.29) is 35.5 Å². The molecule has 5 rings (SSSR count). The standard InChI is InChI=1S/C21H16N2O2S/c22-10-16-6-7-17(26-16)13-3-1-2-12(8-13)11-23-20(24)18-14-4-5-15(9-14)19(18)21(23)25/h1-8,14-15,18-19H,9,11H2/t14-,15-,18-,19+/m0/s1. The zero-order valence-electron chi connectivity index (χ0n) is 14.0. The molecule has 2 heterocycles. The second-order valence-corrected chi connectivity index (χ2v) is 8.32. The number of benzene rings is 1. The monoisotopic (exact) mass is 360 g/mol. The topological polar surface area (TPSA) is 61.2 Å². The minimum absolute atomic E-state index is 0.00913. The Balaban J connectivity index is 1.41. The van der Waals surface area contributed by atoms with E-state index in [9.17, 15) is 9.59 Å². The van der Waals surface area contributed by atoms with Gasteiger partial charge in [0, 0.05) is 4.88 Å². The number of fused-ring (bicyclic) bond motifs is 5. The normalized spacial score (nSPS) is 28.7. The molecule has 0 radical (unpaired) electrons. The van der Waals surface area contributed by atoms with E-state index in [0.29, 0.717) is 11.4 Å². The van der Waals surface area contributed by atoms with Crippen LogP contribution in [-0.4, -0.2) is 16.7 Å². The molecule has 4 atom stereocenters. The lowest BCUT2D eigenvalue weighted by atomic mass is 9.85. The molecule has 0 N–H and O–H groups in total. The smallest absolute Gasteiger partial charge is 0.234 e. The molecule has 2 bridgehead atoms. The van der Waals surface area contributed by atoms with Crippen LogP contribution >= 0.6 is 11.3 Å². The number of imide groups is 1. The van der Waals surface area contributed by atoms with Crippen LogP contribution in [0.1, 0.15) is 16.9 Å². The van der Waals surface area contributed by atoms with Gasteiger partial charge in [-0.15, -0.1) is 11.3 Å². The highest BCUT2D eigenvalue weighted by Crippen LogP contribution is 2.52. The first-order chi connectivity index (χ1) is 12.7. The van der Waals surface area contributed by atoms with Crippen molar-refractivity contribution in [1.29, 1.82) is 5.26 Å². The minimum atomic E-state index is -0.142. The van der Waals surface area contributed by atoms with Crippen molar-refractivity contribution in [3.63, 3.8) is 0 Å². The van der Waals surface area contributed by atoms with Gasteiger partial charge in [0.05, 0.1) is 18.4 Å². The zero-order chi connectivity index (χ0) is 17.8. The lowest BCUT2D eigenvalue weighted by Gasteiger charge is -2.17. The van der Waals surface area contributed by atoms with Crippen molar-refractivity contribution in [2.45, 2.75) is 13.0 Å². The Kier molecular flexibility index (Phi) is 3.38. The summed E-state index contributed by atoms with van der Waals surface area (Å²) in [4.78, 5) is 28.8. The largest absolute Gasteiger partial charge is 0.278 e. The van der Waals surface area contributed by atoms with Crippen LogP contribution in [0, 0.1) is 35.0 Å². The molecule has 1 aromatic carbocycles. The van der Waals surface area contributed by atoms with Crippen molar-refractivity contribution < 1.29 is 9.59 Å². The molecule has 5 heteroatoms. The van der Waals surface area contributed by atoms with Gasteiger partial charge in [-0.05, 0) is 47.6 Å². The van der Waals surface area contributed by atoms with Gasteiger partial charge in [-0.1, -0.05) is 30.4 Å². The molecule has 3 aliphatic rings. The molecular formula is C21H16N2O2S. The summed E-state index contributed by atoms with van der Waals surface area (Å²) in [6, 6.07) is 13.8. The Morgan fingerprint density at radius 3 is 2.46 bits per heavy atom. The number of hydrogen-bond donors (Lipinski definition) is 0. The Labute approximate surface area is 155 Å². The number of rotatable bonds is 3. The number of carbonyl (C=O) groups is 2. The van der Waals surface area contributed by atoms with Crippen molar-refractivity contribution in [3.05, 3.63) is 59.0 Å². The first kappa shape index (κ1) is 15.5. The van der Waals surface area contributed by atoms with Crippen LogP contribution in [0.3, 0.4) is 0 Å². The summed E-state index contributed by atoms with van der Waals surface area (Å²) in [5, 5.41) is 9.00. The highest BCUT2D eigenvalue weighted by atomic mass is 32.1. The molecule has 128 valence electrons. The van der Waals surface area contributed by atoms with Gasteiger partial charge in [0.15, 0.2) is 0 Å². The summed E-state index contributed by atoms with van der Waals surface area (Å²) in [6.45, 7) is 0.328. The summed E-state index contributed by atoms with van der Waals surface area (Å²) >= 11 is 1.44. The fraction of sp³-hybridized carbons (Fsp3) is 0.286. The van der Waals surface area contributed by atoms with Crippen LogP contribution in [0.4, 0.5) is 0 Å². The third-order valence-electron chi connectivity index (χ3n) is 5.83. The fourth-order valence-corrected chi connectivity index (χ4v) is 5.48. The van der Waals surface area contributed by atoms with Gasteiger partial charge in [0.25, 0.3) is 0 Å². The quantitative estimate of drug-likeness (QED) is 0.621. The Hall–Kier alpha value is -2.71. The van der Waals surface area contributed by atoms with E-state index < -0.39 is 0 Å². The number of amides is 2. The fourth-order valence-electron chi connectivity index (χ4n) is 4.68. The van der Waals surface area contributed by atoms with Crippen molar-refractivity contribution >= 4 is 23.2 Å². The Morgan fingerprint density at radius 2 is 1.81 bits per heavy atom. The van der Waals surface area contributed by atoms with Crippen LogP contribution < -0.4 is 0 Å². The van der Waals surface area contributed by atoms with Gasteiger partial charge in [-0.2, -0.15) is 5.26 Å². The number of likely N-dealkylation sites (tertiary alicyclic amines) is 1. The molecule has 0 spiro atoms. The number of hydrogen-bond acceptors (Lipinski definition) is 4. The molecule has 0 unspecified atom stereocenters. The highest BCUT2D eigenvalue weighted by molar-refractivity contribution is 7.16. The summed E-state index contributed by atoms with van der Waals surface area (Å²) in [5.74, 6) is 0.184. The van der Waals surface area contributed by atoms with Crippen LogP contribution in [0.5, 0.6) is 0 Å². The average molecular weight is 360 g/mol. The van der Waals surface area contributed by atoms with E-state index in [1.54, 1.807) is 0 Å². The van der Waals surface area contributed by atoms with E-state index >= 15 is 0 Å². The summed E-state index contributed by atoms with van der Waals surface area (Å²) in [6.07, 6.45) is 5.19. The second-order valence-electron chi connectivity index (χ2n) is 7.24. The van der Waals surface area contributed by atoms with E-state index in [4.69, 9.17) is 5.26 Å². The summed E-state index contributed by atoms with van der Waals surface area (Å²) < 4.78 is 0. The minimum Gasteiger partial charge on any atom is -0.278 e. The summed E-state index contributed by atoms with van der Waals surface area (Å²) in [5.41, 5.74) is 1.95. The van der Waals surface area contributed by atoms with E-state index in [0.717, 1.165) is 22.4 Å². The van der Waals surface area contributed by atoms with Crippen molar-refractivity contribution in [2.75, 3.05) is 0 Å². The lowest BCUT2D eigenvalue weighted by molar-refractivity contribution is -0.141. The predicted molar refractivity (Wildman–Crippen MR) is 97.7 cm³/mol. The molecule has 1 saturated carbocycles. The molecule has 1 aromatic heterocycles. The average Bonchev–Trinajstić information content (AvgIpc) is 3.42. The lowest BCUT2D eigenvalue weighted by Crippen LogP contribution is -2.32. The van der Waals surface area contributed by atoms with Crippen LogP contribution in [0.2, 0.25) is 0 Å². The summed E-state index contributed by atoms with van der Waals surface area (Å²) in [7, 11) is 0. The SMILES string of the molecule is N#Cc1ccc(-c2cccc(CN3C(=O)[C@@H]4[C@H](C3=O)[C@H]3C=C[C@H]4C3)c2)s1. The second kappa shape index (κ2) is 5.65. The van der Waals surface area contributed by atoms with Gasteiger partial charge in [-0.25, -0.2) is 0 Å². The van der Waals surface area contributed by atoms with Crippen LogP contribution in [0.25, 0.3) is 10.4 Å². The predicted octanol–water partition coefficient (Wildman–Crippen LogP) is 3.59. The van der Waals surface area contributed by atoms with Gasteiger partial charge in [0.2, 0.25) is 11.8 Å². The number of nitriles is 1. The number of allylic oxidation sites excluding steroid dienone is 2. The molecular weight excluding hydrogens is 344 g/mol. The van der Waals surface area contributed by atoms with E-state index in [1.807, 2.05) is 36.4 Å². The van der Waals surface area contributed by atoms with E-state index in [1.165, 1.54) is 16.2 Å². The molecule has 1 saturated heterocycles. The van der Waals surface area contributed by atoms with Gasteiger partial charge in [-0.3, -0.25) is 14.5 Å². The molecule has 2 amide bonds. The van der Waals surface area contributed by atoms with Gasteiger partial charge < -0.3 is 0 Å². The molecule has 1 aliphatic heterocycles. The number of thiophene rings is 1. The third-order valence-corrected chi connectivity index (χ3v) is 6.87. The van der Waals surface area contributed by atoms with Crippen molar-refractivity contribution in [2.24, 2.45) is 23.7 Å². The highest BCUT2D eigenvalue weighted by Gasteiger charge is 2.59. The molecule has 26 heavy (non-hydrogen) atoms. The number of nitrogens with zero attached hydrogens (tertiary/aromatic N) is 2. The Bertz CT molecular complexity index is 969. The molecule has 2 aromatic rings. The number of carbonyl (C=O) groups excluding carboxylic acids is 2. The van der Waals surface area contributed by atoms with Gasteiger partial charge in [0.1, 0.15) is 10.9 Å². The van der Waals surface area contributed by atoms with E-state index in [2.05, 4.69) is 18.2 Å². The maximum atomic E-state index is 12.8. The molecule has 4 nitrogen and oxygen atoms in total.